The highest BCUT2D eigenvalue weighted by molar-refractivity contribution is 7.21. The third-order valence-electron chi connectivity index (χ3n) is 4.37. The molecular formula is C24H16N2S2. The summed E-state index contributed by atoms with van der Waals surface area (Å²) >= 11 is 3.43. The van der Waals surface area contributed by atoms with Crippen molar-refractivity contribution in [3.05, 3.63) is 93.9 Å². The van der Waals surface area contributed by atoms with Gasteiger partial charge in [0, 0.05) is 0 Å². The largest absolute Gasteiger partial charge is 0.237 e. The Morgan fingerprint density at radius 3 is 1.46 bits per heavy atom. The normalized spacial score (nSPS) is 12.0. The highest BCUT2D eigenvalue weighted by atomic mass is 32.1. The van der Waals surface area contributed by atoms with Crippen LogP contribution in [0.2, 0.25) is 0 Å². The van der Waals surface area contributed by atoms with Gasteiger partial charge in [0.1, 0.15) is 10.0 Å². The fraction of sp³-hybridized carbons (Fsp3) is 0. The summed E-state index contributed by atoms with van der Waals surface area (Å²) in [7, 11) is 0. The third-order valence-corrected chi connectivity index (χ3v) is 6.33. The Kier molecular flexibility index (Phi) is 4.57. The van der Waals surface area contributed by atoms with Crippen LogP contribution in [0, 0.1) is 0 Å². The van der Waals surface area contributed by atoms with Crippen molar-refractivity contribution in [2.45, 2.75) is 0 Å². The van der Waals surface area contributed by atoms with Crippen molar-refractivity contribution in [2.75, 3.05) is 0 Å². The Labute approximate surface area is 171 Å². The van der Waals surface area contributed by atoms with Crippen LogP contribution in [0.25, 0.3) is 44.7 Å². The fourth-order valence-corrected chi connectivity index (χ4v) is 4.85. The number of fused-ring (bicyclic) bond motifs is 2. The number of rotatable bonds is 4. The molecule has 2 heterocycles. The molecule has 0 radical (unpaired) electrons. The minimum absolute atomic E-state index is 1.01. The highest BCUT2D eigenvalue weighted by Crippen LogP contribution is 2.31. The summed E-state index contributed by atoms with van der Waals surface area (Å²) in [5.41, 5.74) is 4.38. The molecule has 0 N–H and O–H groups in total. The number of benzene rings is 3. The lowest BCUT2D eigenvalue weighted by Gasteiger charge is -1.89. The molecule has 0 spiro atoms. The third kappa shape index (κ3) is 3.65. The molecule has 2 aromatic heterocycles. The van der Waals surface area contributed by atoms with Crippen LogP contribution in [0.5, 0.6) is 0 Å². The van der Waals surface area contributed by atoms with E-state index in [1.807, 2.05) is 36.4 Å². The van der Waals surface area contributed by atoms with Gasteiger partial charge >= 0.3 is 0 Å². The summed E-state index contributed by atoms with van der Waals surface area (Å²) in [6, 6.07) is 24.9. The van der Waals surface area contributed by atoms with E-state index in [0.29, 0.717) is 0 Å². The van der Waals surface area contributed by atoms with Crippen LogP contribution in [0.4, 0.5) is 0 Å². The monoisotopic (exact) mass is 396 g/mol. The van der Waals surface area contributed by atoms with Gasteiger partial charge in [-0.3, -0.25) is 0 Å². The molecule has 0 unspecified atom stereocenters. The molecule has 0 bridgehead atoms. The van der Waals surface area contributed by atoms with Gasteiger partial charge < -0.3 is 0 Å². The van der Waals surface area contributed by atoms with E-state index in [4.69, 9.17) is 9.97 Å². The first-order valence-electron chi connectivity index (χ1n) is 9.01. The fourth-order valence-electron chi connectivity index (χ4n) is 2.99. The van der Waals surface area contributed by atoms with Crippen LogP contribution in [0.1, 0.15) is 21.1 Å². The van der Waals surface area contributed by atoms with Crippen LogP contribution < -0.4 is 0 Å². The molecular weight excluding hydrogens is 380 g/mol. The van der Waals surface area contributed by atoms with Crippen molar-refractivity contribution < 1.29 is 0 Å². The van der Waals surface area contributed by atoms with Gasteiger partial charge in [-0.25, -0.2) is 9.97 Å². The predicted molar refractivity (Wildman–Crippen MR) is 124 cm³/mol. The average Bonchev–Trinajstić information content (AvgIpc) is 3.32. The second kappa shape index (κ2) is 7.50. The summed E-state index contributed by atoms with van der Waals surface area (Å²) in [5.74, 6) is 0. The maximum absolute atomic E-state index is 4.76. The Bertz CT molecular complexity index is 1150. The minimum atomic E-state index is 1.01. The number of hydrogen-bond donors (Lipinski definition) is 0. The van der Waals surface area contributed by atoms with Crippen LogP contribution in [0.3, 0.4) is 0 Å². The lowest BCUT2D eigenvalue weighted by Crippen LogP contribution is -1.73. The van der Waals surface area contributed by atoms with Crippen LogP contribution >= 0.6 is 22.7 Å². The first kappa shape index (κ1) is 17.0. The van der Waals surface area contributed by atoms with Gasteiger partial charge in [-0.05, 0) is 35.4 Å². The molecule has 0 saturated heterocycles. The second-order valence-electron chi connectivity index (χ2n) is 6.38. The van der Waals surface area contributed by atoms with Crippen LogP contribution in [-0.2, 0) is 0 Å². The van der Waals surface area contributed by atoms with Gasteiger partial charge in [-0.2, -0.15) is 0 Å². The molecule has 4 heteroatoms. The zero-order chi connectivity index (χ0) is 18.8. The van der Waals surface area contributed by atoms with E-state index < -0.39 is 0 Å². The zero-order valence-electron chi connectivity index (χ0n) is 14.9. The second-order valence-corrected chi connectivity index (χ2v) is 8.50. The van der Waals surface area contributed by atoms with E-state index >= 15 is 0 Å². The molecule has 0 saturated carbocycles. The molecule has 0 amide bonds. The first-order valence-corrected chi connectivity index (χ1v) is 10.6. The lowest BCUT2D eigenvalue weighted by atomic mass is 10.2. The average molecular weight is 397 g/mol. The summed E-state index contributed by atoms with van der Waals surface area (Å²) in [5, 5.41) is 2.03. The smallest absolute Gasteiger partial charge is 0.117 e. The number of hydrogen-bond acceptors (Lipinski definition) is 4. The van der Waals surface area contributed by atoms with Crippen molar-refractivity contribution in [2.24, 2.45) is 0 Å². The van der Waals surface area contributed by atoms with Crippen molar-refractivity contribution >= 4 is 67.4 Å². The molecule has 28 heavy (non-hydrogen) atoms. The van der Waals surface area contributed by atoms with Crippen molar-refractivity contribution in [1.82, 2.24) is 9.97 Å². The molecule has 2 nitrogen and oxygen atoms in total. The summed E-state index contributed by atoms with van der Waals surface area (Å²) < 4.78 is 2.39. The molecule has 3 aromatic carbocycles. The van der Waals surface area contributed by atoms with Gasteiger partial charge in [0.25, 0.3) is 0 Å². The molecule has 0 aliphatic rings. The van der Waals surface area contributed by atoms with E-state index in [2.05, 4.69) is 60.7 Å². The van der Waals surface area contributed by atoms with Gasteiger partial charge in [-0.15, -0.1) is 22.7 Å². The van der Waals surface area contributed by atoms with Crippen molar-refractivity contribution in [1.29, 1.82) is 0 Å². The van der Waals surface area contributed by atoms with Gasteiger partial charge in [0.2, 0.25) is 0 Å². The molecule has 0 atom stereocenters. The first-order chi connectivity index (χ1) is 13.8. The van der Waals surface area contributed by atoms with E-state index in [9.17, 15) is 0 Å². The van der Waals surface area contributed by atoms with Crippen LogP contribution in [-0.4, -0.2) is 9.97 Å². The molecule has 0 aliphatic carbocycles. The Hall–Kier alpha value is -3.08. The Morgan fingerprint density at radius 2 is 1.00 bits per heavy atom. The number of aromatic nitrogens is 2. The molecule has 134 valence electrons. The molecule has 0 fully saturated rings. The number of thiazole rings is 2. The van der Waals surface area contributed by atoms with Crippen molar-refractivity contribution in [3.63, 3.8) is 0 Å². The minimum Gasteiger partial charge on any atom is -0.237 e. The van der Waals surface area contributed by atoms with Crippen LogP contribution in [0.15, 0.2) is 72.8 Å². The van der Waals surface area contributed by atoms with Gasteiger partial charge in [0.05, 0.1) is 20.4 Å². The topological polar surface area (TPSA) is 25.8 Å². The van der Waals surface area contributed by atoms with E-state index in [0.717, 1.165) is 21.0 Å². The quantitative estimate of drug-likeness (QED) is 0.320. The Balaban J connectivity index is 1.44. The SMILES string of the molecule is C(=C/c1nc2cc3nc(/C=C/c4ccccc4)sc3cc2s1)/c1ccccc1. The van der Waals surface area contributed by atoms with E-state index in [-0.39, 0.29) is 0 Å². The number of nitrogens with zero attached hydrogens (tertiary/aromatic N) is 2. The van der Waals surface area contributed by atoms with E-state index in [1.54, 1.807) is 22.7 Å². The van der Waals surface area contributed by atoms with Crippen molar-refractivity contribution in [3.8, 4) is 0 Å². The predicted octanol–water partition coefficient (Wildman–Crippen LogP) is 7.25. The summed E-state index contributed by atoms with van der Waals surface area (Å²) in [4.78, 5) is 9.52. The lowest BCUT2D eigenvalue weighted by molar-refractivity contribution is 1.44. The summed E-state index contributed by atoms with van der Waals surface area (Å²) in [6.07, 6.45) is 8.36. The maximum atomic E-state index is 4.76. The summed E-state index contributed by atoms with van der Waals surface area (Å²) in [6.45, 7) is 0. The Morgan fingerprint density at radius 1 is 0.536 bits per heavy atom. The zero-order valence-corrected chi connectivity index (χ0v) is 16.6. The van der Waals surface area contributed by atoms with Gasteiger partial charge in [0.15, 0.2) is 0 Å². The van der Waals surface area contributed by atoms with Gasteiger partial charge in [-0.1, -0.05) is 72.8 Å². The van der Waals surface area contributed by atoms with E-state index in [1.165, 1.54) is 20.5 Å². The maximum Gasteiger partial charge on any atom is 0.117 e. The highest BCUT2D eigenvalue weighted by Gasteiger charge is 2.07. The molecule has 5 aromatic rings. The molecule has 5 rings (SSSR count). The standard InChI is InChI=1S/C24H16N2S2/c1-3-7-17(8-4-1)11-13-23-25-19-15-20-22(16-21(19)27-23)28-24(26-20)14-12-18-9-5-2-6-10-18/h1-16H/b13-11-,14-12+. The molecule has 0 aliphatic heterocycles.